The molecule has 170 valence electrons. The number of carbonyl (C=O) groups is 1. The van der Waals surface area contributed by atoms with Gasteiger partial charge in [0.2, 0.25) is 11.9 Å². The van der Waals surface area contributed by atoms with Crippen LogP contribution < -0.4 is 21.9 Å². The number of hydrogen-bond donors (Lipinski definition) is 2. The minimum atomic E-state index is -0.825. The summed E-state index contributed by atoms with van der Waals surface area (Å²) in [7, 11) is 0. The van der Waals surface area contributed by atoms with Gasteiger partial charge in [0.05, 0.1) is 29.4 Å². The van der Waals surface area contributed by atoms with Gasteiger partial charge in [-0.3, -0.25) is 24.0 Å². The minimum absolute atomic E-state index is 0.0385. The number of pyridine rings is 1. The number of anilines is 3. The van der Waals surface area contributed by atoms with Crippen LogP contribution in [0, 0.1) is 24.2 Å². The van der Waals surface area contributed by atoms with E-state index in [1.165, 1.54) is 28.5 Å². The van der Waals surface area contributed by atoms with Crippen LogP contribution in [0.4, 0.5) is 21.7 Å². The third kappa shape index (κ3) is 4.82. The Morgan fingerprint density at radius 3 is 2.55 bits per heavy atom. The Labute approximate surface area is 188 Å². The van der Waals surface area contributed by atoms with E-state index in [0.29, 0.717) is 22.4 Å². The fourth-order valence-electron chi connectivity index (χ4n) is 3.74. The summed E-state index contributed by atoms with van der Waals surface area (Å²) in [4.78, 5) is 45.6. The van der Waals surface area contributed by atoms with Crippen molar-refractivity contribution in [3.63, 3.8) is 0 Å². The highest BCUT2D eigenvalue weighted by atomic mass is 19.1. The molecule has 3 N–H and O–H groups in total. The number of halogens is 1. The highest BCUT2D eigenvalue weighted by molar-refractivity contribution is 5.99. The van der Waals surface area contributed by atoms with Gasteiger partial charge in [-0.25, -0.2) is 9.78 Å². The van der Waals surface area contributed by atoms with E-state index in [1.54, 1.807) is 32.9 Å². The molecule has 2 aromatic heterocycles. The Balaban J connectivity index is 2.39. The molecule has 1 amide bonds. The number of carbonyl (C=O) groups excluding carboxylic acids is 1. The topological polar surface area (TPSA) is 138 Å². The summed E-state index contributed by atoms with van der Waals surface area (Å²) >= 11 is 0. The summed E-state index contributed by atoms with van der Waals surface area (Å²) in [6.07, 6.45) is 0. The van der Waals surface area contributed by atoms with Gasteiger partial charge < -0.3 is 5.73 Å². The van der Waals surface area contributed by atoms with Crippen LogP contribution in [-0.4, -0.2) is 20.4 Å². The Morgan fingerprint density at radius 2 is 1.97 bits per heavy atom. The van der Waals surface area contributed by atoms with Crippen LogP contribution in [0.25, 0.3) is 0 Å². The van der Waals surface area contributed by atoms with E-state index in [-0.39, 0.29) is 29.7 Å². The third-order valence-corrected chi connectivity index (χ3v) is 4.97. The second-order valence-corrected chi connectivity index (χ2v) is 7.98. The number of rotatable bonds is 5. The normalized spacial score (nSPS) is 10.8. The van der Waals surface area contributed by atoms with E-state index in [1.807, 2.05) is 6.07 Å². The van der Waals surface area contributed by atoms with Gasteiger partial charge in [-0.2, -0.15) is 9.65 Å². The van der Waals surface area contributed by atoms with Crippen molar-refractivity contribution in [3.8, 4) is 6.07 Å². The molecule has 3 aromatic rings. The second kappa shape index (κ2) is 9.08. The van der Waals surface area contributed by atoms with Crippen molar-refractivity contribution in [1.29, 1.82) is 5.26 Å². The van der Waals surface area contributed by atoms with E-state index < -0.39 is 23.1 Å². The molecule has 0 aliphatic heterocycles. The number of hydrogen-bond acceptors (Lipinski definition) is 6. The lowest BCUT2D eigenvalue weighted by Gasteiger charge is -2.28. The number of nitrogen functional groups attached to an aromatic ring is 1. The zero-order valence-electron chi connectivity index (χ0n) is 18.6. The molecule has 1 aromatic carbocycles. The Hall–Kier alpha value is -4.26. The van der Waals surface area contributed by atoms with Gasteiger partial charge >= 0.3 is 5.69 Å². The minimum Gasteiger partial charge on any atom is -0.384 e. The summed E-state index contributed by atoms with van der Waals surface area (Å²) < 4.78 is 15.0. The van der Waals surface area contributed by atoms with Gasteiger partial charge in [-0.1, -0.05) is 13.8 Å². The highest BCUT2D eigenvalue weighted by Crippen LogP contribution is 2.32. The van der Waals surface area contributed by atoms with Gasteiger partial charge in [0.25, 0.3) is 5.56 Å². The number of H-pyrrole nitrogens is 1. The summed E-state index contributed by atoms with van der Waals surface area (Å²) in [6.45, 7) is 6.37. The lowest BCUT2D eigenvalue weighted by Crippen LogP contribution is -2.40. The molecule has 9 nitrogen and oxygen atoms in total. The van der Waals surface area contributed by atoms with Gasteiger partial charge in [0, 0.05) is 6.92 Å². The number of nitrogens with one attached hydrogen (secondary N) is 1. The average Bonchev–Trinajstić information content (AvgIpc) is 2.69. The molecular formula is C23H23FN6O3. The lowest BCUT2D eigenvalue weighted by atomic mass is 10.0. The third-order valence-electron chi connectivity index (χ3n) is 4.97. The van der Waals surface area contributed by atoms with Crippen molar-refractivity contribution in [3.05, 3.63) is 79.4 Å². The van der Waals surface area contributed by atoms with E-state index >= 15 is 0 Å². The average molecular weight is 450 g/mol. The molecule has 0 aliphatic rings. The van der Waals surface area contributed by atoms with Crippen molar-refractivity contribution in [1.82, 2.24) is 14.5 Å². The number of aromatic amines is 1. The molecule has 0 saturated heterocycles. The summed E-state index contributed by atoms with van der Waals surface area (Å²) in [6, 6.07) is 9.38. The van der Waals surface area contributed by atoms with E-state index in [9.17, 15) is 24.0 Å². The largest absolute Gasteiger partial charge is 0.384 e. The monoisotopic (exact) mass is 450 g/mol. The van der Waals surface area contributed by atoms with Crippen molar-refractivity contribution in [2.45, 2.75) is 40.2 Å². The van der Waals surface area contributed by atoms with Crippen molar-refractivity contribution < 1.29 is 9.18 Å². The molecule has 0 fully saturated rings. The molecule has 0 saturated carbocycles. The number of nitrogens with two attached hydrogens (primary N) is 1. The number of nitrogens with zero attached hydrogens (tertiary/aromatic N) is 4. The second-order valence-electron chi connectivity index (χ2n) is 7.98. The van der Waals surface area contributed by atoms with Crippen LogP contribution in [0.15, 0.2) is 39.9 Å². The first kappa shape index (κ1) is 23.4. The molecule has 0 unspecified atom stereocenters. The Morgan fingerprint density at radius 1 is 1.27 bits per heavy atom. The smallest absolute Gasteiger partial charge is 0.330 e. The fraction of sp³-hybridized carbons (Fsp3) is 0.261. The van der Waals surface area contributed by atoms with Crippen LogP contribution in [0.2, 0.25) is 0 Å². The molecule has 0 radical (unpaired) electrons. The first-order valence-electron chi connectivity index (χ1n) is 10.1. The standard InChI is InChI=1S/C23H23FN6O3/c1-12(2)20-21(32)28-23(33)29(11-16-8-18(24)27-19(26)9-16)22(20)30(14(4)31)17-6-13(3)5-15(7-17)10-25/h5-9,12H,11H2,1-4H3,(H2,26,27)(H,28,32,33). The van der Waals surface area contributed by atoms with Crippen LogP contribution in [0.5, 0.6) is 0 Å². The first-order chi connectivity index (χ1) is 15.5. The molecule has 10 heteroatoms. The number of amides is 1. The number of nitriles is 1. The maximum absolute atomic E-state index is 13.9. The Bertz CT molecular complexity index is 1380. The van der Waals surface area contributed by atoms with Crippen LogP contribution >= 0.6 is 0 Å². The SMILES string of the molecule is CC(=O)N(c1cc(C)cc(C#N)c1)c1c(C(C)C)c(=O)[nH]c(=O)n1Cc1cc(N)nc(F)c1. The molecule has 0 aliphatic carbocycles. The lowest BCUT2D eigenvalue weighted by molar-refractivity contribution is -0.115. The van der Waals surface area contributed by atoms with E-state index in [2.05, 4.69) is 9.97 Å². The summed E-state index contributed by atoms with van der Waals surface area (Å²) in [5, 5.41) is 9.39. The zero-order valence-corrected chi connectivity index (χ0v) is 18.6. The molecule has 0 spiro atoms. The molecular weight excluding hydrogens is 427 g/mol. The zero-order chi connectivity index (χ0) is 24.4. The maximum atomic E-state index is 13.9. The predicted molar refractivity (Wildman–Crippen MR) is 122 cm³/mol. The van der Waals surface area contributed by atoms with Gasteiger partial charge in [0.15, 0.2) is 0 Å². The number of aryl methyl sites for hydroxylation is 1. The van der Waals surface area contributed by atoms with E-state index in [4.69, 9.17) is 5.73 Å². The van der Waals surface area contributed by atoms with Gasteiger partial charge in [-0.05, 0) is 54.3 Å². The molecule has 0 bridgehead atoms. The molecule has 3 rings (SSSR count). The van der Waals surface area contributed by atoms with Crippen molar-refractivity contribution >= 4 is 23.2 Å². The van der Waals surface area contributed by atoms with Gasteiger partial charge in [0.1, 0.15) is 11.6 Å². The predicted octanol–water partition coefficient (Wildman–Crippen LogP) is 2.69. The van der Waals surface area contributed by atoms with Crippen LogP contribution in [0.1, 0.15) is 48.9 Å². The van der Waals surface area contributed by atoms with Crippen molar-refractivity contribution in [2.24, 2.45) is 0 Å². The number of benzene rings is 1. The fourth-order valence-corrected chi connectivity index (χ4v) is 3.74. The van der Waals surface area contributed by atoms with Gasteiger partial charge in [-0.15, -0.1) is 0 Å². The molecule has 0 atom stereocenters. The van der Waals surface area contributed by atoms with Crippen molar-refractivity contribution in [2.75, 3.05) is 10.6 Å². The van der Waals surface area contributed by atoms with Crippen LogP contribution in [-0.2, 0) is 11.3 Å². The number of aromatic nitrogens is 3. The first-order valence-corrected chi connectivity index (χ1v) is 10.1. The maximum Gasteiger partial charge on any atom is 0.330 e. The molecule has 33 heavy (non-hydrogen) atoms. The summed E-state index contributed by atoms with van der Waals surface area (Å²) in [5.41, 5.74) is 6.07. The molecule has 2 heterocycles. The van der Waals surface area contributed by atoms with E-state index in [0.717, 1.165) is 6.07 Å². The summed E-state index contributed by atoms with van der Waals surface area (Å²) in [5.74, 6) is -1.72. The van der Waals surface area contributed by atoms with Crippen LogP contribution in [0.3, 0.4) is 0 Å². The quantitative estimate of drug-likeness (QED) is 0.573. The highest BCUT2D eigenvalue weighted by Gasteiger charge is 2.27. The Kier molecular flexibility index (Phi) is 6.44.